The molecule has 0 saturated carbocycles. The van der Waals surface area contributed by atoms with Gasteiger partial charge in [-0.1, -0.05) is 44.3 Å². The highest BCUT2D eigenvalue weighted by molar-refractivity contribution is 5.98. The first-order chi connectivity index (χ1) is 17.0. The maximum atomic E-state index is 10.4. The molecule has 0 bridgehead atoms. The van der Waals surface area contributed by atoms with Crippen LogP contribution in [0.3, 0.4) is 0 Å². The molecule has 0 saturated heterocycles. The molecule has 0 spiro atoms. The van der Waals surface area contributed by atoms with E-state index in [1.165, 1.54) is 25.7 Å². The average Bonchev–Trinajstić information content (AvgIpc) is 2.84. The molecular weight excluding hydrogens is 442 g/mol. The molecule has 0 aliphatic carbocycles. The molecule has 1 aromatic carbocycles. The smallest absolute Gasteiger partial charge is 0.233 e. The summed E-state index contributed by atoms with van der Waals surface area (Å²) in [5, 5.41) is 0. The zero-order valence-electron chi connectivity index (χ0n) is 21.6. The molecule has 0 atom stereocenters. The number of nitrogens with zero attached hydrogens (tertiary/aromatic N) is 3. The van der Waals surface area contributed by atoms with E-state index in [1.54, 1.807) is 19.3 Å². The molecule has 1 amide bonds. The molecule has 2 aromatic rings. The first kappa shape index (κ1) is 28.0. The molecule has 0 radical (unpaired) electrons. The van der Waals surface area contributed by atoms with Gasteiger partial charge >= 0.3 is 0 Å². The number of aromatic nitrogens is 2. The zero-order chi connectivity index (χ0) is 25.3. The number of rotatable bonds is 17. The Bertz CT molecular complexity index is 932. The highest BCUT2D eigenvalue weighted by Crippen LogP contribution is 2.28. The zero-order valence-corrected chi connectivity index (χ0v) is 21.6. The van der Waals surface area contributed by atoms with E-state index in [0.29, 0.717) is 36.9 Å². The van der Waals surface area contributed by atoms with Gasteiger partial charge in [0.25, 0.3) is 0 Å². The predicted octanol–water partition coefficient (Wildman–Crippen LogP) is 6.20. The summed E-state index contributed by atoms with van der Waals surface area (Å²) in [6.07, 6.45) is 15.7. The van der Waals surface area contributed by atoms with Crippen molar-refractivity contribution < 1.29 is 19.0 Å². The van der Waals surface area contributed by atoms with Gasteiger partial charge in [0.05, 0.1) is 31.3 Å². The first-order valence-corrected chi connectivity index (χ1v) is 12.5. The van der Waals surface area contributed by atoms with Gasteiger partial charge in [-0.3, -0.25) is 4.79 Å². The van der Waals surface area contributed by atoms with Crippen LogP contribution in [0.5, 0.6) is 17.2 Å². The molecule has 0 unspecified atom stereocenters. The second kappa shape index (κ2) is 16.4. The van der Waals surface area contributed by atoms with Crippen LogP contribution in [-0.4, -0.2) is 41.9 Å². The second-order valence-electron chi connectivity index (χ2n) is 8.50. The van der Waals surface area contributed by atoms with Gasteiger partial charge in [0, 0.05) is 0 Å². The lowest BCUT2D eigenvalue weighted by Crippen LogP contribution is -2.04. The highest BCUT2D eigenvalue weighted by atomic mass is 16.5. The Morgan fingerprint density at radius 1 is 0.857 bits per heavy atom. The summed E-state index contributed by atoms with van der Waals surface area (Å²) < 4.78 is 17.5. The number of benzene rings is 1. The van der Waals surface area contributed by atoms with Crippen LogP contribution in [0.2, 0.25) is 0 Å². The van der Waals surface area contributed by atoms with Crippen LogP contribution in [0.25, 0.3) is 0 Å². The Labute approximate surface area is 209 Å². The third kappa shape index (κ3) is 10.7. The van der Waals surface area contributed by atoms with Crippen molar-refractivity contribution in [2.24, 2.45) is 4.99 Å². The van der Waals surface area contributed by atoms with Crippen molar-refractivity contribution in [3.63, 3.8) is 0 Å². The number of hydrogen-bond acceptors (Lipinski definition) is 6. The van der Waals surface area contributed by atoms with Gasteiger partial charge in [0.2, 0.25) is 6.41 Å². The summed E-state index contributed by atoms with van der Waals surface area (Å²) in [7, 11) is 0. The first-order valence-electron chi connectivity index (χ1n) is 12.5. The van der Waals surface area contributed by atoms with E-state index in [4.69, 9.17) is 14.2 Å². The lowest BCUT2D eigenvalue weighted by Gasteiger charge is -2.14. The summed E-state index contributed by atoms with van der Waals surface area (Å²) >= 11 is 0. The number of ether oxygens (including phenoxy) is 3. The number of carbonyl (C=O) groups is 1. The van der Waals surface area contributed by atoms with E-state index in [9.17, 15) is 4.79 Å². The molecule has 190 valence electrons. The Morgan fingerprint density at radius 2 is 1.43 bits per heavy atom. The summed E-state index contributed by atoms with van der Waals surface area (Å²) in [6.45, 7) is 9.81. The van der Waals surface area contributed by atoms with E-state index >= 15 is 0 Å². The molecule has 0 aliphatic heterocycles. The third-order valence-corrected chi connectivity index (χ3v) is 5.52. The van der Waals surface area contributed by atoms with E-state index in [-0.39, 0.29) is 0 Å². The van der Waals surface area contributed by atoms with Gasteiger partial charge in [-0.15, -0.1) is 0 Å². The molecule has 2 rings (SSSR count). The molecule has 7 nitrogen and oxygen atoms in total. The molecule has 1 heterocycles. The van der Waals surface area contributed by atoms with Crippen molar-refractivity contribution in [3.05, 3.63) is 53.6 Å². The van der Waals surface area contributed by atoms with E-state index < -0.39 is 0 Å². The van der Waals surface area contributed by atoms with Crippen LogP contribution in [0, 0.1) is 13.8 Å². The SMILES string of the molecule is C/C=C/COc1cc(C)c(OCCCCCCCCCOc2cnc(C(C)=NC=O)nc2)c(C)c1. The number of carbonyl (C=O) groups excluding carboxylic acids is 1. The fourth-order valence-corrected chi connectivity index (χ4v) is 3.63. The maximum Gasteiger partial charge on any atom is 0.233 e. The quantitative estimate of drug-likeness (QED) is 0.116. The number of unbranched alkanes of at least 4 members (excludes halogenated alkanes) is 6. The van der Waals surface area contributed by atoms with Crippen LogP contribution < -0.4 is 14.2 Å². The third-order valence-electron chi connectivity index (χ3n) is 5.52. The largest absolute Gasteiger partial charge is 0.493 e. The summed E-state index contributed by atoms with van der Waals surface area (Å²) in [4.78, 5) is 22.4. The minimum atomic E-state index is 0.434. The van der Waals surface area contributed by atoms with Gasteiger partial charge in [0.1, 0.15) is 18.1 Å². The summed E-state index contributed by atoms with van der Waals surface area (Å²) in [6, 6.07) is 4.09. The van der Waals surface area contributed by atoms with Gasteiger partial charge in [0.15, 0.2) is 11.6 Å². The molecule has 7 heteroatoms. The van der Waals surface area contributed by atoms with Gasteiger partial charge in [-0.25, -0.2) is 15.0 Å². The lowest BCUT2D eigenvalue weighted by molar-refractivity contribution is -0.106. The van der Waals surface area contributed by atoms with Crippen LogP contribution in [0.15, 0.2) is 41.7 Å². The lowest BCUT2D eigenvalue weighted by atomic mass is 10.1. The standard InChI is InChI=1S/C28H39N3O4/c1-5-6-14-33-25-17-22(2)27(23(3)18-25)35-16-13-11-9-7-8-10-12-15-34-26-19-29-28(30-20-26)24(4)31-21-32/h5-6,17-21H,7-16H2,1-4H3/b6-5+,31-24?. The van der Waals surface area contributed by atoms with Crippen molar-refractivity contribution in [2.45, 2.75) is 72.6 Å². The van der Waals surface area contributed by atoms with Crippen LogP contribution >= 0.6 is 0 Å². The van der Waals surface area contributed by atoms with Crippen molar-refractivity contribution in [1.82, 2.24) is 9.97 Å². The Balaban J connectivity index is 1.51. The second-order valence-corrected chi connectivity index (χ2v) is 8.50. The monoisotopic (exact) mass is 481 g/mol. The van der Waals surface area contributed by atoms with Crippen LogP contribution in [0.4, 0.5) is 0 Å². The number of amides is 1. The Morgan fingerprint density at radius 3 is 2.00 bits per heavy atom. The summed E-state index contributed by atoms with van der Waals surface area (Å²) in [5.41, 5.74) is 2.72. The molecule has 0 fully saturated rings. The number of aryl methyl sites for hydroxylation is 2. The number of aliphatic imine (C=N–C) groups is 1. The normalized spacial score (nSPS) is 11.6. The van der Waals surface area contributed by atoms with E-state index in [2.05, 4.69) is 28.8 Å². The summed E-state index contributed by atoms with van der Waals surface area (Å²) in [5.74, 6) is 2.93. The molecule has 0 aliphatic rings. The van der Waals surface area contributed by atoms with Crippen molar-refractivity contribution in [2.75, 3.05) is 19.8 Å². The van der Waals surface area contributed by atoms with Gasteiger partial charge < -0.3 is 14.2 Å². The average molecular weight is 482 g/mol. The Hall–Kier alpha value is -3.22. The van der Waals surface area contributed by atoms with Crippen LogP contribution in [-0.2, 0) is 4.79 Å². The molecule has 1 aromatic heterocycles. The molecule has 35 heavy (non-hydrogen) atoms. The predicted molar refractivity (Wildman–Crippen MR) is 140 cm³/mol. The van der Waals surface area contributed by atoms with Crippen molar-refractivity contribution >= 4 is 12.1 Å². The minimum Gasteiger partial charge on any atom is -0.493 e. The van der Waals surface area contributed by atoms with E-state index in [1.807, 2.05) is 31.2 Å². The fraction of sp³-hybridized carbons (Fsp3) is 0.500. The van der Waals surface area contributed by atoms with Gasteiger partial charge in [-0.2, -0.15) is 0 Å². The number of hydrogen-bond donors (Lipinski definition) is 0. The Kier molecular flexibility index (Phi) is 13.1. The minimum absolute atomic E-state index is 0.434. The van der Waals surface area contributed by atoms with Gasteiger partial charge in [-0.05, 0) is 63.8 Å². The highest BCUT2D eigenvalue weighted by Gasteiger charge is 2.07. The van der Waals surface area contributed by atoms with Crippen LogP contribution in [0.1, 0.15) is 75.7 Å². The fourth-order valence-electron chi connectivity index (χ4n) is 3.63. The molecular formula is C28H39N3O4. The van der Waals surface area contributed by atoms with Crippen molar-refractivity contribution in [3.8, 4) is 17.2 Å². The maximum absolute atomic E-state index is 10.4. The molecule has 0 N–H and O–H groups in total. The number of allylic oxidation sites excluding steroid dienone is 1. The van der Waals surface area contributed by atoms with Crippen molar-refractivity contribution in [1.29, 1.82) is 0 Å². The topological polar surface area (TPSA) is 82.9 Å². The van der Waals surface area contributed by atoms with E-state index in [0.717, 1.165) is 48.5 Å².